The highest BCUT2D eigenvalue weighted by molar-refractivity contribution is 6.04. The van der Waals surface area contributed by atoms with Gasteiger partial charge in [0.1, 0.15) is 0 Å². The maximum Gasteiger partial charge on any atom is 0.0966 e. The van der Waals surface area contributed by atoms with E-state index in [2.05, 4.69) is 54.4 Å². The number of para-hydroxylation sites is 3. The molecule has 4 rings (SSSR count). The van der Waals surface area contributed by atoms with Crippen molar-refractivity contribution in [1.82, 2.24) is 9.97 Å². The van der Waals surface area contributed by atoms with Crippen molar-refractivity contribution in [2.45, 2.75) is 12.8 Å². The molecule has 0 saturated heterocycles. The van der Waals surface area contributed by atoms with Crippen LogP contribution >= 0.6 is 0 Å². The van der Waals surface area contributed by atoms with Gasteiger partial charge >= 0.3 is 0 Å². The van der Waals surface area contributed by atoms with Gasteiger partial charge in [0.2, 0.25) is 0 Å². The van der Waals surface area contributed by atoms with Gasteiger partial charge in [-0.2, -0.15) is 0 Å². The van der Waals surface area contributed by atoms with Gasteiger partial charge in [0.25, 0.3) is 0 Å². The fourth-order valence-corrected chi connectivity index (χ4v) is 3.30. The molecule has 27 heavy (non-hydrogen) atoms. The summed E-state index contributed by atoms with van der Waals surface area (Å²) in [5.74, 6) is 0.231. The van der Waals surface area contributed by atoms with Gasteiger partial charge in [-0.05, 0) is 29.8 Å². The van der Waals surface area contributed by atoms with Crippen molar-refractivity contribution < 1.29 is 0 Å². The molecular weight excluding hydrogens is 330 g/mol. The summed E-state index contributed by atoms with van der Waals surface area (Å²) < 4.78 is 0. The maximum absolute atomic E-state index is 4.83. The molecular formula is C24H21N3. The molecule has 0 aliphatic carbocycles. The zero-order chi connectivity index (χ0) is 18.6. The molecule has 1 heterocycles. The molecule has 0 amide bonds. The van der Waals surface area contributed by atoms with Crippen molar-refractivity contribution in [3.05, 3.63) is 90.0 Å². The first kappa shape index (κ1) is 17.1. The smallest absolute Gasteiger partial charge is 0.0966 e. The molecule has 0 aliphatic heterocycles. The standard InChI is InChI=1S/C24H21N3/c1-17(18-9-4-3-5-10-18)20(25-2)16-15-19-11-8-14-23-24(19)27-22-13-7-6-12-21(22)26-23/h3-17H,1-2H3/b16-15+,25-20?. The van der Waals surface area contributed by atoms with E-state index in [1.165, 1.54) is 5.56 Å². The van der Waals surface area contributed by atoms with Gasteiger partial charge in [-0.15, -0.1) is 0 Å². The number of hydrogen-bond donors (Lipinski definition) is 0. The van der Waals surface area contributed by atoms with Crippen LogP contribution in [0.15, 0.2) is 83.9 Å². The Morgan fingerprint density at radius 1 is 0.815 bits per heavy atom. The van der Waals surface area contributed by atoms with E-state index in [4.69, 9.17) is 9.97 Å². The molecule has 0 fully saturated rings. The molecule has 132 valence electrons. The normalized spacial score (nSPS) is 13.5. The lowest BCUT2D eigenvalue weighted by Gasteiger charge is -2.12. The fourth-order valence-electron chi connectivity index (χ4n) is 3.30. The van der Waals surface area contributed by atoms with Gasteiger partial charge in [-0.25, -0.2) is 9.97 Å². The molecule has 0 N–H and O–H groups in total. The van der Waals surface area contributed by atoms with Crippen LogP contribution in [-0.4, -0.2) is 22.7 Å². The maximum atomic E-state index is 4.83. The minimum Gasteiger partial charge on any atom is -0.292 e. The average Bonchev–Trinajstić information content (AvgIpc) is 2.73. The first-order valence-corrected chi connectivity index (χ1v) is 9.11. The highest BCUT2D eigenvalue weighted by Gasteiger charge is 2.10. The summed E-state index contributed by atoms with van der Waals surface area (Å²) in [7, 11) is 1.84. The van der Waals surface area contributed by atoms with Crippen molar-refractivity contribution >= 4 is 33.9 Å². The Labute approximate surface area is 159 Å². The van der Waals surface area contributed by atoms with Crippen molar-refractivity contribution in [1.29, 1.82) is 0 Å². The number of rotatable bonds is 4. The summed E-state index contributed by atoms with van der Waals surface area (Å²) in [4.78, 5) is 14.1. The molecule has 3 aromatic carbocycles. The molecule has 0 saturated carbocycles. The van der Waals surface area contributed by atoms with E-state index in [9.17, 15) is 0 Å². The minimum atomic E-state index is 0.231. The van der Waals surface area contributed by atoms with Gasteiger partial charge in [0.15, 0.2) is 0 Å². The highest BCUT2D eigenvalue weighted by atomic mass is 14.8. The second-order valence-corrected chi connectivity index (χ2v) is 6.54. The number of nitrogens with zero attached hydrogens (tertiary/aromatic N) is 3. The van der Waals surface area contributed by atoms with Crippen molar-refractivity contribution in [3.8, 4) is 0 Å². The minimum absolute atomic E-state index is 0.231. The van der Waals surface area contributed by atoms with E-state index in [1.807, 2.05) is 49.5 Å². The average molecular weight is 351 g/mol. The van der Waals surface area contributed by atoms with E-state index in [-0.39, 0.29) is 5.92 Å². The zero-order valence-electron chi connectivity index (χ0n) is 15.5. The zero-order valence-corrected chi connectivity index (χ0v) is 15.5. The molecule has 1 atom stereocenters. The summed E-state index contributed by atoms with van der Waals surface area (Å²) in [6, 6.07) is 24.5. The summed E-state index contributed by atoms with van der Waals surface area (Å²) in [6.07, 6.45) is 4.18. The largest absolute Gasteiger partial charge is 0.292 e. The first-order chi connectivity index (χ1) is 13.3. The fraction of sp³-hybridized carbons (Fsp3) is 0.125. The summed E-state index contributed by atoms with van der Waals surface area (Å²) in [5, 5.41) is 0. The highest BCUT2D eigenvalue weighted by Crippen LogP contribution is 2.22. The van der Waals surface area contributed by atoms with Gasteiger partial charge in [-0.3, -0.25) is 4.99 Å². The van der Waals surface area contributed by atoms with Crippen LogP contribution in [0.5, 0.6) is 0 Å². The van der Waals surface area contributed by atoms with Crippen molar-refractivity contribution in [2.75, 3.05) is 7.05 Å². The number of benzene rings is 3. The summed E-state index contributed by atoms with van der Waals surface area (Å²) in [5.41, 5.74) is 6.98. The topological polar surface area (TPSA) is 38.1 Å². The quantitative estimate of drug-likeness (QED) is 0.351. The summed E-state index contributed by atoms with van der Waals surface area (Å²) in [6.45, 7) is 2.18. The van der Waals surface area contributed by atoms with Gasteiger partial charge in [0.05, 0.1) is 22.1 Å². The van der Waals surface area contributed by atoms with E-state index < -0.39 is 0 Å². The third-order valence-electron chi connectivity index (χ3n) is 4.84. The molecule has 0 radical (unpaired) electrons. The molecule has 3 nitrogen and oxygen atoms in total. The van der Waals surface area contributed by atoms with E-state index in [0.29, 0.717) is 0 Å². The van der Waals surface area contributed by atoms with Crippen molar-refractivity contribution in [2.24, 2.45) is 4.99 Å². The Kier molecular flexibility index (Phi) is 4.75. The third kappa shape index (κ3) is 3.49. The molecule has 0 bridgehead atoms. The molecule has 0 spiro atoms. The lowest BCUT2D eigenvalue weighted by atomic mass is 9.95. The Balaban J connectivity index is 1.72. The predicted molar refractivity (Wildman–Crippen MR) is 114 cm³/mol. The monoisotopic (exact) mass is 351 g/mol. The van der Waals surface area contributed by atoms with Gasteiger partial charge < -0.3 is 0 Å². The van der Waals surface area contributed by atoms with Crippen molar-refractivity contribution in [3.63, 3.8) is 0 Å². The van der Waals surface area contributed by atoms with Crippen LogP contribution in [0.2, 0.25) is 0 Å². The van der Waals surface area contributed by atoms with Crippen LogP contribution < -0.4 is 0 Å². The van der Waals surface area contributed by atoms with Crippen LogP contribution in [0.25, 0.3) is 28.1 Å². The lowest BCUT2D eigenvalue weighted by Crippen LogP contribution is -2.06. The third-order valence-corrected chi connectivity index (χ3v) is 4.84. The number of allylic oxidation sites excluding steroid dienone is 1. The molecule has 1 aromatic heterocycles. The first-order valence-electron chi connectivity index (χ1n) is 9.11. The SMILES string of the molecule is CN=C(/C=C/c1cccc2nc3ccccc3nc12)C(C)c1ccccc1. The van der Waals surface area contributed by atoms with Crippen LogP contribution in [0.3, 0.4) is 0 Å². The number of aromatic nitrogens is 2. The van der Waals surface area contributed by atoms with E-state index in [0.717, 1.165) is 33.3 Å². The number of fused-ring (bicyclic) bond motifs is 2. The van der Waals surface area contributed by atoms with Crippen LogP contribution in [-0.2, 0) is 0 Å². The lowest BCUT2D eigenvalue weighted by molar-refractivity contribution is 1.02. The Morgan fingerprint density at radius 2 is 1.48 bits per heavy atom. The van der Waals surface area contributed by atoms with Crippen LogP contribution in [0, 0.1) is 0 Å². The molecule has 3 heteroatoms. The molecule has 4 aromatic rings. The Morgan fingerprint density at radius 3 is 2.22 bits per heavy atom. The summed E-state index contributed by atoms with van der Waals surface area (Å²) >= 11 is 0. The molecule has 1 unspecified atom stereocenters. The second-order valence-electron chi connectivity index (χ2n) is 6.54. The Bertz CT molecular complexity index is 1140. The van der Waals surface area contributed by atoms with Crippen LogP contribution in [0.4, 0.5) is 0 Å². The second kappa shape index (κ2) is 7.50. The predicted octanol–water partition coefficient (Wildman–Crippen LogP) is 5.67. The van der Waals surface area contributed by atoms with Crippen LogP contribution in [0.1, 0.15) is 24.0 Å². The van der Waals surface area contributed by atoms with E-state index >= 15 is 0 Å². The molecule has 0 aliphatic rings. The van der Waals surface area contributed by atoms with E-state index in [1.54, 1.807) is 0 Å². The van der Waals surface area contributed by atoms with Gasteiger partial charge in [0, 0.05) is 24.2 Å². The number of hydrogen-bond acceptors (Lipinski definition) is 3. The Hall–Kier alpha value is -3.33. The van der Waals surface area contributed by atoms with Gasteiger partial charge in [-0.1, -0.05) is 67.6 Å². The number of aliphatic imine (C=N–C) groups is 1.